The molecule has 0 unspecified atom stereocenters. The summed E-state index contributed by atoms with van der Waals surface area (Å²) < 4.78 is 1.97. The molecular weight excluding hydrogens is 238 g/mol. The molecule has 2 aromatic rings. The number of aromatic nitrogens is 2. The normalized spacial score (nSPS) is 17.5. The SMILES string of the molecule is NC(=O)C1(n2ccnc2-c2ccccc2)CCCC1. The predicted octanol–water partition coefficient (Wildman–Crippen LogP) is 2.30. The minimum atomic E-state index is -0.596. The van der Waals surface area contributed by atoms with Gasteiger partial charge < -0.3 is 10.3 Å². The molecule has 0 radical (unpaired) electrons. The first-order valence-electron chi connectivity index (χ1n) is 6.63. The molecule has 0 aliphatic heterocycles. The van der Waals surface area contributed by atoms with Crippen molar-refractivity contribution in [3.05, 3.63) is 42.7 Å². The Morgan fingerprint density at radius 1 is 1.21 bits per heavy atom. The lowest BCUT2D eigenvalue weighted by Crippen LogP contribution is -2.44. The van der Waals surface area contributed by atoms with Gasteiger partial charge in [-0.25, -0.2) is 4.98 Å². The second-order valence-corrected chi connectivity index (χ2v) is 5.09. The summed E-state index contributed by atoms with van der Waals surface area (Å²) >= 11 is 0. The van der Waals surface area contributed by atoms with Crippen LogP contribution in [0.25, 0.3) is 11.4 Å². The first kappa shape index (κ1) is 12.0. The molecule has 4 heteroatoms. The summed E-state index contributed by atoms with van der Waals surface area (Å²) in [7, 11) is 0. The average molecular weight is 255 g/mol. The number of carbonyl (C=O) groups excluding carboxylic acids is 1. The Balaban J connectivity index is 2.12. The minimum absolute atomic E-state index is 0.250. The molecule has 0 saturated heterocycles. The van der Waals surface area contributed by atoms with Crippen LogP contribution in [-0.2, 0) is 10.3 Å². The molecule has 19 heavy (non-hydrogen) atoms. The van der Waals surface area contributed by atoms with Crippen LogP contribution in [0.15, 0.2) is 42.7 Å². The van der Waals surface area contributed by atoms with Crippen molar-refractivity contribution in [3.63, 3.8) is 0 Å². The highest BCUT2D eigenvalue weighted by Crippen LogP contribution is 2.38. The Morgan fingerprint density at radius 2 is 1.89 bits per heavy atom. The molecule has 1 aliphatic carbocycles. The van der Waals surface area contributed by atoms with E-state index in [1.165, 1.54) is 0 Å². The van der Waals surface area contributed by atoms with E-state index in [1.807, 2.05) is 41.1 Å². The molecule has 0 spiro atoms. The molecule has 1 aliphatic rings. The number of imidazole rings is 1. The maximum Gasteiger partial charge on any atom is 0.243 e. The maximum atomic E-state index is 12.0. The van der Waals surface area contributed by atoms with Gasteiger partial charge in [0.25, 0.3) is 0 Å². The van der Waals surface area contributed by atoms with Gasteiger partial charge in [0.2, 0.25) is 5.91 Å². The Morgan fingerprint density at radius 3 is 2.53 bits per heavy atom. The monoisotopic (exact) mass is 255 g/mol. The fourth-order valence-electron chi connectivity index (χ4n) is 3.02. The van der Waals surface area contributed by atoms with Crippen molar-refractivity contribution in [1.82, 2.24) is 9.55 Å². The number of carbonyl (C=O) groups is 1. The van der Waals surface area contributed by atoms with Crippen molar-refractivity contribution in [3.8, 4) is 11.4 Å². The molecular formula is C15H17N3O. The van der Waals surface area contributed by atoms with Gasteiger partial charge in [-0.05, 0) is 12.8 Å². The van der Waals surface area contributed by atoms with Crippen LogP contribution < -0.4 is 5.73 Å². The number of hydrogen-bond acceptors (Lipinski definition) is 2. The van der Waals surface area contributed by atoms with Crippen LogP contribution >= 0.6 is 0 Å². The summed E-state index contributed by atoms with van der Waals surface area (Å²) in [6, 6.07) is 9.92. The predicted molar refractivity (Wildman–Crippen MR) is 73.3 cm³/mol. The first-order chi connectivity index (χ1) is 9.24. The second kappa shape index (κ2) is 4.53. The van der Waals surface area contributed by atoms with Gasteiger partial charge in [-0.3, -0.25) is 4.79 Å². The topological polar surface area (TPSA) is 60.9 Å². The molecule has 98 valence electrons. The molecule has 0 bridgehead atoms. The summed E-state index contributed by atoms with van der Waals surface area (Å²) in [6.07, 6.45) is 7.30. The van der Waals surface area contributed by atoms with Crippen molar-refractivity contribution in [2.75, 3.05) is 0 Å². The molecule has 1 aromatic carbocycles. The second-order valence-electron chi connectivity index (χ2n) is 5.09. The molecule has 3 rings (SSSR count). The van der Waals surface area contributed by atoms with Gasteiger partial charge in [0.05, 0.1) is 0 Å². The summed E-state index contributed by atoms with van der Waals surface area (Å²) in [6.45, 7) is 0. The molecule has 0 atom stereocenters. The lowest BCUT2D eigenvalue weighted by molar-refractivity contribution is -0.126. The van der Waals surface area contributed by atoms with Crippen molar-refractivity contribution >= 4 is 5.91 Å². The highest BCUT2D eigenvalue weighted by Gasteiger charge is 2.42. The molecule has 1 heterocycles. The summed E-state index contributed by atoms with van der Waals surface area (Å²) in [5, 5.41) is 0. The van der Waals surface area contributed by atoms with Crippen LogP contribution in [0.3, 0.4) is 0 Å². The third kappa shape index (κ3) is 1.84. The number of benzene rings is 1. The fraction of sp³-hybridized carbons (Fsp3) is 0.333. The van der Waals surface area contributed by atoms with E-state index in [4.69, 9.17) is 5.73 Å². The first-order valence-corrected chi connectivity index (χ1v) is 6.63. The molecule has 1 saturated carbocycles. The number of nitrogens with two attached hydrogens (primary N) is 1. The van der Waals surface area contributed by atoms with E-state index in [2.05, 4.69) is 4.98 Å². The van der Waals surface area contributed by atoms with E-state index in [1.54, 1.807) is 6.20 Å². The van der Waals surface area contributed by atoms with Crippen LogP contribution in [0.2, 0.25) is 0 Å². The van der Waals surface area contributed by atoms with Gasteiger partial charge >= 0.3 is 0 Å². The van der Waals surface area contributed by atoms with Crippen molar-refractivity contribution < 1.29 is 4.79 Å². The average Bonchev–Trinajstić information content (AvgIpc) is 3.09. The van der Waals surface area contributed by atoms with Gasteiger partial charge in [0, 0.05) is 18.0 Å². The molecule has 1 aromatic heterocycles. The van der Waals surface area contributed by atoms with Gasteiger partial charge in [-0.2, -0.15) is 0 Å². The number of hydrogen-bond donors (Lipinski definition) is 1. The zero-order valence-corrected chi connectivity index (χ0v) is 10.7. The molecule has 1 amide bonds. The summed E-state index contributed by atoms with van der Waals surface area (Å²) in [5.74, 6) is 0.571. The number of rotatable bonds is 3. The Kier molecular flexibility index (Phi) is 2.85. The quantitative estimate of drug-likeness (QED) is 0.914. The van der Waals surface area contributed by atoms with Crippen LogP contribution in [0.5, 0.6) is 0 Å². The Bertz CT molecular complexity index is 582. The lowest BCUT2D eigenvalue weighted by atomic mass is 9.95. The van der Waals surface area contributed by atoms with Crippen LogP contribution in [-0.4, -0.2) is 15.5 Å². The van der Waals surface area contributed by atoms with Gasteiger partial charge in [-0.1, -0.05) is 43.2 Å². The van der Waals surface area contributed by atoms with Gasteiger partial charge in [-0.15, -0.1) is 0 Å². The summed E-state index contributed by atoms with van der Waals surface area (Å²) in [4.78, 5) is 16.4. The van der Waals surface area contributed by atoms with Gasteiger partial charge in [0.15, 0.2) is 0 Å². The largest absolute Gasteiger partial charge is 0.368 e. The van der Waals surface area contributed by atoms with Crippen molar-refractivity contribution in [2.24, 2.45) is 5.73 Å². The lowest BCUT2D eigenvalue weighted by Gasteiger charge is -2.28. The van der Waals surface area contributed by atoms with E-state index >= 15 is 0 Å². The smallest absolute Gasteiger partial charge is 0.243 e. The van der Waals surface area contributed by atoms with Crippen molar-refractivity contribution in [1.29, 1.82) is 0 Å². The fourth-order valence-corrected chi connectivity index (χ4v) is 3.02. The summed E-state index contributed by atoms with van der Waals surface area (Å²) in [5.41, 5.74) is 6.10. The third-order valence-corrected chi connectivity index (χ3v) is 4.02. The number of nitrogens with zero attached hydrogens (tertiary/aromatic N) is 2. The van der Waals surface area contributed by atoms with E-state index in [-0.39, 0.29) is 5.91 Å². The standard InChI is InChI=1S/C15H17N3O/c16-14(19)15(8-4-5-9-15)18-11-10-17-13(18)12-6-2-1-3-7-12/h1-3,6-7,10-11H,4-5,8-9H2,(H2,16,19). The molecule has 1 fully saturated rings. The highest BCUT2D eigenvalue weighted by atomic mass is 16.1. The van der Waals surface area contributed by atoms with Crippen LogP contribution in [0.4, 0.5) is 0 Å². The van der Waals surface area contributed by atoms with Gasteiger partial charge in [0.1, 0.15) is 11.4 Å². The molecule has 4 nitrogen and oxygen atoms in total. The Labute approximate surface area is 112 Å². The van der Waals surface area contributed by atoms with Crippen LogP contribution in [0, 0.1) is 0 Å². The van der Waals surface area contributed by atoms with E-state index in [0.717, 1.165) is 37.1 Å². The van der Waals surface area contributed by atoms with Crippen LogP contribution in [0.1, 0.15) is 25.7 Å². The number of primary amides is 1. The minimum Gasteiger partial charge on any atom is -0.368 e. The van der Waals surface area contributed by atoms with E-state index in [9.17, 15) is 4.79 Å². The zero-order chi connectivity index (χ0) is 13.3. The Hall–Kier alpha value is -2.10. The highest BCUT2D eigenvalue weighted by molar-refractivity contribution is 5.84. The number of amides is 1. The zero-order valence-electron chi connectivity index (χ0n) is 10.7. The third-order valence-electron chi connectivity index (χ3n) is 4.02. The van der Waals surface area contributed by atoms with E-state index in [0.29, 0.717) is 0 Å². The molecule has 2 N–H and O–H groups in total. The van der Waals surface area contributed by atoms with E-state index < -0.39 is 5.54 Å². The van der Waals surface area contributed by atoms with Crippen molar-refractivity contribution in [2.45, 2.75) is 31.2 Å². The maximum absolute atomic E-state index is 12.0.